The number of ether oxygens (including phenoxy) is 1. The Morgan fingerprint density at radius 3 is 2.52 bits per heavy atom. The van der Waals surface area contributed by atoms with Crippen molar-refractivity contribution >= 4 is 11.9 Å². The van der Waals surface area contributed by atoms with Crippen LogP contribution in [0.1, 0.15) is 42.1 Å². The fourth-order valence-electron chi connectivity index (χ4n) is 2.51. The Balaban J connectivity index is 1.68. The molecule has 0 atom stereocenters. The van der Waals surface area contributed by atoms with Gasteiger partial charge in [0.25, 0.3) is 0 Å². The van der Waals surface area contributed by atoms with Gasteiger partial charge in [-0.05, 0) is 43.4 Å². The molecule has 1 amide bonds. The third-order valence-corrected chi connectivity index (χ3v) is 3.76. The van der Waals surface area contributed by atoms with Crippen LogP contribution in [-0.4, -0.2) is 29.7 Å². The molecule has 1 saturated carbocycles. The summed E-state index contributed by atoms with van der Waals surface area (Å²) in [6.45, 7) is 3.14. The SMILES string of the molecule is CCOC1CC(CC(=O)NCc2ccc(C(=O)O)cc2)C1. The topological polar surface area (TPSA) is 75.6 Å². The van der Waals surface area contributed by atoms with Gasteiger partial charge in [0.05, 0.1) is 11.7 Å². The third-order valence-electron chi connectivity index (χ3n) is 3.76. The quantitative estimate of drug-likeness (QED) is 0.807. The number of nitrogens with one attached hydrogen (secondary N) is 1. The summed E-state index contributed by atoms with van der Waals surface area (Å²) in [5.41, 5.74) is 1.15. The largest absolute Gasteiger partial charge is 0.478 e. The van der Waals surface area contributed by atoms with Crippen LogP contribution in [0, 0.1) is 5.92 Å². The molecular weight excluding hydrogens is 270 g/mol. The van der Waals surface area contributed by atoms with Crippen LogP contribution in [0.4, 0.5) is 0 Å². The molecule has 114 valence electrons. The summed E-state index contributed by atoms with van der Waals surface area (Å²) in [6, 6.07) is 6.53. The monoisotopic (exact) mass is 291 g/mol. The van der Waals surface area contributed by atoms with Gasteiger partial charge in [0.15, 0.2) is 0 Å². The van der Waals surface area contributed by atoms with Crippen LogP contribution in [-0.2, 0) is 16.1 Å². The van der Waals surface area contributed by atoms with E-state index in [0.29, 0.717) is 25.0 Å². The van der Waals surface area contributed by atoms with E-state index in [1.54, 1.807) is 24.3 Å². The average molecular weight is 291 g/mol. The highest BCUT2D eigenvalue weighted by molar-refractivity contribution is 5.87. The number of carbonyl (C=O) groups excluding carboxylic acids is 1. The van der Waals surface area contributed by atoms with Crippen LogP contribution in [0.2, 0.25) is 0 Å². The van der Waals surface area contributed by atoms with E-state index in [-0.39, 0.29) is 11.5 Å². The predicted molar refractivity (Wildman–Crippen MR) is 78.0 cm³/mol. The number of aromatic carboxylic acids is 1. The highest BCUT2D eigenvalue weighted by Crippen LogP contribution is 2.32. The molecule has 0 spiro atoms. The van der Waals surface area contributed by atoms with Crippen molar-refractivity contribution in [1.29, 1.82) is 0 Å². The zero-order valence-electron chi connectivity index (χ0n) is 12.2. The Morgan fingerprint density at radius 2 is 1.95 bits per heavy atom. The van der Waals surface area contributed by atoms with Crippen molar-refractivity contribution in [3.8, 4) is 0 Å². The average Bonchev–Trinajstić information content (AvgIpc) is 2.43. The van der Waals surface area contributed by atoms with Gasteiger partial charge in [-0.3, -0.25) is 4.79 Å². The minimum atomic E-state index is -0.945. The van der Waals surface area contributed by atoms with Crippen LogP contribution in [0.15, 0.2) is 24.3 Å². The Labute approximate surface area is 124 Å². The number of hydrogen-bond donors (Lipinski definition) is 2. The van der Waals surface area contributed by atoms with Gasteiger partial charge >= 0.3 is 5.97 Å². The minimum absolute atomic E-state index is 0.0391. The smallest absolute Gasteiger partial charge is 0.335 e. The maximum Gasteiger partial charge on any atom is 0.335 e. The van der Waals surface area contributed by atoms with Gasteiger partial charge in [0, 0.05) is 19.6 Å². The molecule has 2 N–H and O–H groups in total. The first-order valence-corrected chi connectivity index (χ1v) is 7.29. The molecule has 0 heterocycles. The lowest BCUT2D eigenvalue weighted by Gasteiger charge is -2.34. The Kier molecular flexibility index (Phi) is 5.33. The van der Waals surface area contributed by atoms with E-state index < -0.39 is 5.97 Å². The molecule has 0 bridgehead atoms. The predicted octanol–water partition coefficient (Wildman–Crippen LogP) is 2.21. The van der Waals surface area contributed by atoms with E-state index in [2.05, 4.69) is 5.32 Å². The molecule has 1 aliphatic carbocycles. The highest BCUT2D eigenvalue weighted by Gasteiger charge is 2.30. The van der Waals surface area contributed by atoms with E-state index >= 15 is 0 Å². The second kappa shape index (κ2) is 7.22. The van der Waals surface area contributed by atoms with Gasteiger partial charge in [-0.25, -0.2) is 4.79 Å². The van der Waals surface area contributed by atoms with Gasteiger partial charge in [-0.15, -0.1) is 0 Å². The summed E-state index contributed by atoms with van der Waals surface area (Å²) >= 11 is 0. The van der Waals surface area contributed by atoms with E-state index in [4.69, 9.17) is 9.84 Å². The zero-order valence-corrected chi connectivity index (χ0v) is 12.2. The van der Waals surface area contributed by atoms with Crippen molar-refractivity contribution in [3.63, 3.8) is 0 Å². The lowest BCUT2D eigenvalue weighted by molar-refractivity contribution is -0.124. The van der Waals surface area contributed by atoms with E-state index in [1.165, 1.54) is 0 Å². The van der Waals surface area contributed by atoms with Gasteiger partial charge in [0.2, 0.25) is 5.91 Å². The first-order valence-electron chi connectivity index (χ1n) is 7.29. The van der Waals surface area contributed by atoms with Crippen LogP contribution >= 0.6 is 0 Å². The summed E-state index contributed by atoms with van der Waals surface area (Å²) in [7, 11) is 0. The summed E-state index contributed by atoms with van der Waals surface area (Å²) in [4.78, 5) is 22.5. The lowest BCUT2D eigenvalue weighted by Crippen LogP contribution is -2.35. The van der Waals surface area contributed by atoms with E-state index in [0.717, 1.165) is 25.0 Å². The standard InChI is InChI=1S/C16H21NO4/c1-2-21-14-7-12(8-14)9-15(18)17-10-11-3-5-13(6-4-11)16(19)20/h3-6,12,14H,2,7-10H2,1H3,(H,17,18)(H,19,20). The van der Waals surface area contributed by atoms with Crippen molar-refractivity contribution in [2.24, 2.45) is 5.92 Å². The number of carbonyl (C=O) groups is 2. The van der Waals surface area contributed by atoms with Crippen LogP contribution in [0.5, 0.6) is 0 Å². The molecule has 0 unspecified atom stereocenters. The molecule has 1 aromatic rings. The molecular formula is C16H21NO4. The number of rotatable bonds is 7. The second-order valence-electron chi connectivity index (χ2n) is 5.40. The molecule has 0 radical (unpaired) electrons. The summed E-state index contributed by atoms with van der Waals surface area (Å²) in [5, 5.41) is 11.7. The number of carboxylic acid groups (broad SMARTS) is 1. The van der Waals surface area contributed by atoms with Gasteiger partial charge in [-0.2, -0.15) is 0 Å². The number of carboxylic acids is 1. The van der Waals surface area contributed by atoms with Crippen LogP contribution in [0.25, 0.3) is 0 Å². The highest BCUT2D eigenvalue weighted by atomic mass is 16.5. The molecule has 5 nitrogen and oxygen atoms in total. The van der Waals surface area contributed by atoms with Crippen molar-refractivity contribution in [1.82, 2.24) is 5.32 Å². The Hall–Kier alpha value is -1.88. The van der Waals surface area contributed by atoms with Crippen molar-refractivity contribution < 1.29 is 19.4 Å². The number of amides is 1. The van der Waals surface area contributed by atoms with E-state index in [9.17, 15) is 9.59 Å². The molecule has 5 heteroatoms. The molecule has 2 rings (SSSR count). The second-order valence-corrected chi connectivity index (χ2v) is 5.40. The van der Waals surface area contributed by atoms with Gasteiger partial charge in [0.1, 0.15) is 0 Å². The zero-order chi connectivity index (χ0) is 15.2. The Morgan fingerprint density at radius 1 is 1.29 bits per heavy atom. The fourth-order valence-corrected chi connectivity index (χ4v) is 2.51. The van der Waals surface area contributed by atoms with Crippen LogP contribution < -0.4 is 5.32 Å². The molecule has 1 fully saturated rings. The van der Waals surface area contributed by atoms with E-state index in [1.807, 2.05) is 6.92 Å². The molecule has 1 aromatic carbocycles. The minimum Gasteiger partial charge on any atom is -0.478 e. The maximum atomic E-state index is 11.8. The van der Waals surface area contributed by atoms with Crippen molar-refractivity contribution in [2.75, 3.05) is 6.61 Å². The molecule has 0 saturated heterocycles. The number of benzene rings is 1. The van der Waals surface area contributed by atoms with Crippen molar-refractivity contribution in [3.05, 3.63) is 35.4 Å². The third kappa shape index (κ3) is 4.56. The van der Waals surface area contributed by atoms with Crippen molar-refractivity contribution in [2.45, 2.75) is 38.8 Å². The first-order chi connectivity index (χ1) is 10.1. The normalized spacial score (nSPS) is 20.6. The fraction of sp³-hybridized carbons (Fsp3) is 0.500. The Bertz CT molecular complexity index is 492. The maximum absolute atomic E-state index is 11.8. The first kappa shape index (κ1) is 15.5. The summed E-state index contributed by atoms with van der Waals surface area (Å²) in [6.07, 6.45) is 2.80. The summed E-state index contributed by atoms with van der Waals surface area (Å²) < 4.78 is 5.47. The van der Waals surface area contributed by atoms with Gasteiger partial charge in [-0.1, -0.05) is 12.1 Å². The molecule has 0 aromatic heterocycles. The molecule has 21 heavy (non-hydrogen) atoms. The summed E-state index contributed by atoms with van der Waals surface area (Å²) in [5.74, 6) is -0.479. The number of hydrogen-bond acceptors (Lipinski definition) is 3. The van der Waals surface area contributed by atoms with Crippen LogP contribution in [0.3, 0.4) is 0 Å². The van der Waals surface area contributed by atoms with Gasteiger partial charge < -0.3 is 15.2 Å². The molecule has 0 aliphatic heterocycles. The molecule has 1 aliphatic rings. The lowest BCUT2D eigenvalue weighted by atomic mass is 9.80.